The molecular weight excluding hydrogens is 394 g/mol. The minimum Gasteiger partial charge on any atom is -0.483 e. The molecule has 7 nitrogen and oxygen atoms in total. The van der Waals surface area contributed by atoms with E-state index in [4.69, 9.17) is 17.0 Å². The van der Waals surface area contributed by atoms with Crippen LogP contribution < -0.4 is 10.1 Å². The first-order valence-electron chi connectivity index (χ1n) is 8.63. The van der Waals surface area contributed by atoms with Crippen molar-refractivity contribution in [2.45, 2.75) is 27.3 Å². The lowest BCUT2D eigenvalue weighted by Crippen LogP contribution is -2.20. The molecule has 2 aromatic heterocycles. The Kier molecular flexibility index (Phi) is 6.05. The van der Waals surface area contributed by atoms with E-state index in [1.807, 2.05) is 43.5 Å². The van der Waals surface area contributed by atoms with E-state index in [0.717, 1.165) is 27.4 Å². The van der Waals surface area contributed by atoms with Crippen molar-refractivity contribution in [3.8, 4) is 16.5 Å². The molecule has 0 radical (unpaired) electrons. The number of H-pyrrole nitrogens is 1. The van der Waals surface area contributed by atoms with Gasteiger partial charge in [-0.1, -0.05) is 35.6 Å². The number of hydrogen-bond donors (Lipinski definition) is 2. The number of hydrogen-bond acceptors (Lipinski definition) is 6. The Morgan fingerprint density at radius 3 is 2.79 bits per heavy atom. The van der Waals surface area contributed by atoms with Crippen LogP contribution in [0.4, 0.5) is 5.13 Å². The van der Waals surface area contributed by atoms with Gasteiger partial charge < -0.3 is 4.74 Å². The number of allylic oxidation sites excluding steroid dienone is 1. The summed E-state index contributed by atoms with van der Waals surface area (Å²) in [5.41, 5.74) is 2.74. The number of aryl methyl sites for hydroxylation is 3. The van der Waals surface area contributed by atoms with E-state index in [1.54, 1.807) is 6.08 Å². The second-order valence-electron chi connectivity index (χ2n) is 6.24. The normalized spacial score (nSPS) is 10.7. The Morgan fingerprint density at radius 2 is 2.11 bits per heavy atom. The summed E-state index contributed by atoms with van der Waals surface area (Å²) in [6.07, 6.45) is 1.75. The zero-order chi connectivity index (χ0) is 20.3. The zero-order valence-electron chi connectivity index (χ0n) is 15.9. The molecule has 9 heteroatoms. The number of aromatic nitrogens is 4. The molecule has 0 aliphatic carbocycles. The summed E-state index contributed by atoms with van der Waals surface area (Å²) in [5.74, 6) is 1.13. The average molecular weight is 416 g/mol. The SMILES string of the molecule is C=CCn1c(-c2sc(NC(=O)COc3c(C)cccc3C)nc2C)n[nH]c1=S. The number of ether oxygens (including phenoxy) is 1. The van der Waals surface area contributed by atoms with Gasteiger partial charge in [0.05, 0.1) is 10.6 Å². The van der Waals surface area contributed by atoms with Crippen LogP contribution in [-0.2, 0) is 11.3 Å². The number of anilines is 1. The molecule has 0 atom stereocenters. The second-order valence-corrected chi connectivity index (χ2v) is 7.63. The van der Waals surface area contributed by atoms with E-state index in [1.165, 1.54) is 11.3 Å². The van der Waals surface area contributed by atoms with Gasteiger partial charge in [-0.05, 0) is 44.1 Å². The number of nitrogens with one attached hydrogen (secondary N) is 2. The van der Waals surface area contributed by atoms with Gasteiger partial charge in [0, 0.05) is 6.54 Å². The number of para-hydroxylation sites is 1. The highest BCUT2D eigenvalue weighted by atomic mass is 32.1. The number of carbonyl (C=O) groups excluding carboxylic acids is 1. The van der Waals surface area contributed by atoms with E-state index in [0.29, 0.717) is 22.3 Å². The Morgan fingerprint density at radius 1 is 1.39 bits per heavy atom. The number of carbonyl (C=O) groups is 1. The Hall–Kier alpha value is -2.78. The lowest BCUT2D eigenvalue weighted by Gasteiger charge is -2.11. The topological polar surface area (TPSA) is 84.8 Å². The molecule has 0 bridgehead atoms. The zero-order valence-corrected chi connectivity index (χ0v) is 17.5. The van der Waals surface area contributed by atoms with Gasteiger partial charge in [-0.15, -0.1) is 6.58 Å². The molecule has 3 rings (SSSR count). The van der Waals surface area contributed by atoms with Gasteiger partial charge in [0.25, 0.3) is 5.91 Å². The summed E-state index contributed by atoms with van der Waals surface area (Å²) in [5, 5.41) is 10.3. The van der Waals surface area contributed by atoms with Crippen LogP contribution in [0, 0.1) is 25.5 Å². The lowest BCUT2D eigenvalue weighted by atomic mass is 10.1. The Labute approximate surface area is 172 Å². The quantitative estimate of drug-likeness (QED) is 0.446. The van der Waals surface area contributed by atoms with Crippen LogP contribution in [0.15, 0.2) is 30.9 Å². The molecule has 2 heterocycles. The largest absolute Gasteiger partial charge is 0.483 e. The fourth-order valence-electron chi connectivity index (χ4n) is 2.77. The molecule has 0 aliphatic rings. The predicted molar refractivity (Wildman–Crippen MR) is 113 cm³/mol. The molecule has 2 N–H and O–H groups in total. The van der Waals surface area contributed by atoms with Crippen molar-refractivity contribution in [1.82, 2.24) is 19.7 Å². The number of benzene rings is 1. The first kappa shape index (κ1) is 20.0. The van der Waals surface area contributed by atoms with Crippen LogP contribution in [-0.4, -0.2) is 32.3 Å². The number of thiazole rings is 1. The van der Waals surface area contributed by atoms with E-state index >= 15 is 0 Å². The molecule has 0 saturated carbocycles. The minimum absolute atomic E-state index is 0.0885. The molecule has 1 amide bonds. The molecule has 0 spiro atoms. The smallest absolute Gasteiger partial charge is 0.264 e. The van der Waals surface area contributed by atoms with Crippen LogP contribution in [0.25, 0.3) is 10.7 Å². The Balaban J connectivity index is 1.72. The third-order valence-electron chi connectivity index (χ3n) is 4.07. The van der Waals surface area contributed by atoms with Crippen molar-refractivity contribution in [3.63, 3.8) is 0 Å². The van der Waals surface area contributed by atoms with Crippen molar-refractivity contribution in [2.75, 3.05) is 11.9 Å². The first-order chi connectivity index (χ1) is 13.4. The van der Waals surface area contributed by atoms with Gasteiger partial charge in [0.2, 0.25) is 0 Å². The molecule has 3 aromatic rings. The van der Waals surface area contributed by atoms with E-state index < -0.39 is 0 Å². The maximum atomic E-state index is 12.3. The lowest BCUT2D eigenvalue weighted by molar-refractivity contribution is -0.118. The molecular formula is C19H21N5O2S2. The molecule has 1 aromatic carbocycles. The first-order valence-corrected chi connectivity index (χ1v) is 9.86. The molecule has 0 aliphatic heterocycles. The minimum atomic E-state index is -0.270. The fourth-order valence-corrected chi connectivity index (χ4v) is 3.95. The van der Waals surface area contributed by atoms with Crippen molar-refractivity contribution in [2.24, 2.45) is 0 Å². The predicted octanol–water partition coefficient (Wildman–Crippen LogP) is 4.19. The average Bonchev–Trinajstić information content (AvgIpc) is 3.17. The highest BCUT2D eigenvalue weighted by Gasteiger charge is 2.17. The van der Waals surface area contributed by atoms with Crippen LogP contribution in [0.3, 0.4) is 0 Å². The fraction of sp³-hybridized carbons (Fsp3) is 0.263. The molecule has 28 heavy (non-hydrogen) atoms. The van der Waals surface area contributed by atoms with Gasteiger partial charge in [-0.3, -0.25) is 19.8 Å². The summed E-state index contributed by atoms with van der Waals surface area (Å²) in [6.45, 7) is 9.96. The molecule has 146 valence electrons. The van der Waals surface area contributed by atoms with Crippen molar-refractivity contribution in [3.05, 3.63) is 52.4 Å². The van der Waals surface area contributed by atoms with Gasteiger partial charge >= 0.3 is 0 Å². The van der Waals surface area contributed by atoms with E-state index in [9.17, 15) is 4.79 Å². The van der Waals surface area contributed by atoms with Crippen molar-refractivity contribution >= 4 is 34.6 Å². The number of amides is 1. The number of aromatic amines is 1. The number of rotatable bonds is 7. The van der Waals surface area contributed by atoms with Crippen LogP contribution in [0.1, 0.15) is 16.8 Å². The standard InChI is InChI=1S/C19H21N5O2S2/c1-5-9-24-17(22-23-19(24)27)16-13(4)20-18(28-16)21-14(25)10-26-15-11(2)7-6-8-12(15)3/h5-8H,1,9-10H2,2-4H3,(H,23,27)(H,20,21,25). The van der Waals surface area contributed by atoms with Gasteiger partial charge in [-0.25, -0.2) is 4.98 Å². The summed E-state index contributed by atoms with van der Waals surface area (Å²) < 4.78 is 8.04. The highest BCUT2D eigenvalue weighted by Crippen LogP contribution is 2.31. The summed E-state index contributed by atoms with van der Waals surface area (Å²) >= 11 is 6.59. The van der Waals surface area contributed by atoms with Crippen molar-refractivity contribution < 1.29 is 9.53 Å². The summed E-state index contributed by atoms with van der Waals surface area (Å²) in [4.78, 5) is 17.6. The second kappa shape index (κ2) is 8.49. The van der Waals surface area contributed by atoms with Crippen LogP contribution >= 0.6 is 23.6 Å². The molecule has 0 fully saturated rings. The third kappa shape index (κ3) is 4.20. The van der Waals surface area contributed by atoms with E-state index in [2.05, 4.69) is 27.1 Å². The third-order valence-corrected chi connectivity index (χ3v) is 5.45. The highest BCUT2D eigenvalue weighted by molar-refractivity contribution is 7.71. The molecule has 0 saturated heterocycles. The molecule has 0 unspecified atom stereocenters. The van der Waals surface area contributed by atoms with Crippen molar-refractivity contribution in [1.29, 1.82) is 0 Å². The Bertz CT molecular complexity index is 1060. The van der Waals surface area contributed by atoms with Gasteiger partial charge in [0.1, 0.15) is 5.75 Å². The number of nitrogens with zero attached hydrogens (tertiary/aromatic N) is 3. The van der Waals surface area contributed by atoms with Gasteiger partial charge in [0.15, 0.2) is 22.3 Å². The summed E-state index contributed by atoms with van der Waals surface area (Å²) in [6, 6.07) is 5.86. The summed E-state index contributed by atoms with van der Waals surface area (Å²) in [7, 11) is 0. The maximum absolute atomic E-state index is 12.3. The van der Waals surface area contributed by atoms with Crippen LogP contribution in [0.5, 0.6) is 5.75 Å². The van der Waals surface area contributed by atoms with E-state index in [-0.39, 0.29) is 12.5 Å². The van der Waals surface area contributed by atoms with Gasteiger partial charge in [-0.2, -0.15) is 5.10 Å². The maximum Gasteiger partial charge on any atom is 0.264 e. The monoisotopic (exact) mass is 415 g/mol. The van der Waals surface area contributed by atoms with Crippen LogP contribution in [0.2, 0.25) is 0 Å².